The Hall–Kier alpha value is -2.19. The van der Waals surface area contributed by atoms with Crippen LogP contribution in [0.2, 0.25) is 0 Å². The molecule has 0 bridgehead atoms. The topological polar surface area (TPSA) is 59.1 Å². The van der Waals surface area contributed by atoms with Crippen molar-refractivity contribution in [3.05, 3.63) is 47.4 Å². The number of hydrogen-bond donors (Lipinski definition) is 2. The van der Waals surface area contributed by atoms with E-state index < -0.39 is 11.7 Å². The Balaban J connectivity index is 1.72. The lowest BCUT2D eigenvalue weighted by Crippen LogP contribution is -2.34. The van der Waals surface area contributed by atoms with E-state index >= 15 is 0 Å². The number of nitrogens with one attached hydrogen (secondary N) is 2. The van der Waals surface area contributed by atoms with Gasteiger partial charge in [-0.05, 0) is 30.7 Å². The Bertz CT molecular complexity index is 697. The standard InChI is InChI=1S/C16H17F3N4O/c1-10-6-12(8-22-15(10)13-9-20-4-5-24-13)23-14-3-2-11(7-21-14)16(17,18)19/h2-3,6-8,13,20H,4-5,9H2,1H3,(H,21,23)/t13-/m0/s1. The summed E-state index contributed by atoms with van der Waals surface area (Å²) >= 11 is 0. The highest BCUT2D eigenvalue weighted by atomic mass is 19.4. The Kier molecular flexibility index (Phi) is 4.68. The van der Waals surface area contributed by atoms with E-state index in [1.54, 1.807) is 6.20 Å². The van der Waals surface area contributed by atoms with E-state index in [1.165, 1.54) is 6.07 Å². The molecule has 1 atom stereocenters. The number of pyridine rings is 2. The second-order valence-electron chi connectivity index (χ2n) is 5.54. The van der Waals surface area contributed by atoms with E-state index in [0.29, 0.717) is 24.7 Å². The van der Waals surface area contributed by atoms with E-state index in [9.17, 15) is 13.2 Å². The maximum Gasteiger partial charge on any atom is 0.417 e. The molecule has 24 heavy (non-hydrogen) atoms. The first-order valence-corrected chi connectivity index (χ1v) is 7.52. The Morgan fingerprint density at radius 1 is 1.25 bits per heavy atom. The molecule has 3 rings (SSSR count). The predicted octanol–water partition coefficient (Wildman–Crippen LogP) is 3.21. The molecule has 3 heterocycles. The molecule has 0 unspecified atom stereocenters. The van der Waals surface area contributed by atoms with Gasteiger partial charge in [-0.15, -0.1) is 0 Å². The highest BCUT2D eigenvalue weighted by Gasteiger charge is 2.30. The van der Waals surface area contributed by atoms with E-state index in [2.05, 4.69) is 20.6 Å². The van der Waals surface area contributed by atoms with Gasteiger partial charge < -0.3 is 15.4 Å². The zero-order valence-electron chi connectivity index (χ0n) is 13.0. The minimum atomic E-state index is -4.39. The highest BCUT2D eigenvalue weighted by Crippen LogP contribution is 2.29. The lowest BCUT2D eigenvalue weighted by Gasteiger charge is -2.24. The normalized spacial score (nSPS) is 18.4. The molecule has 128 valence electrons. The van der Waals surface area contributed by atoms with Gasteiger partial charge in [0.25, 0.3) is 0 Å². The maximum atomic E-state index is 12.5. The summed E-state index contributed by atoms with van der Waals surface area (Å²) in [5, 5.41) is 6.21. The van der Waals surface area contributed by atoms with Crippen molar-refractivity contribution in [1.82, 2.24) is 15.3 Å². The Morgan fingerprint density at radius 2 is 2.08 bits per heavy atom. The third-order valence-corrected chi connectivity index (χ3v) is 3.71. The van der Waals surface area contributed by atoms with Crippen LogP contribution < -0.4 is 10.6 Å². The fraction of sp³-hybridized carbons (Fsp3) is 0.375. The fourth-order valence-corrected chi connectivity index (χ4v) is 2.52. The third-order valence-electron chi connectivity index (χ3n) is 3.71. The van der Waals surface area contributed by atoms with Gasteiger partial charge >= 0.3 is 6.18 Å². The molecule has 1 aliphatic heterocycles. The molecule has 2 aromatic rings. The molecule has 0 amide bonds. The van der Waals surface area contributed by atoms with E-state index in [0.717, 1.165) is 30.1 Å². The first kappa shape index (κ1) is 16.7. The second-order valence-corrected chi connectivity index (χ2v) is 5.54. The average Bonchev–Trinajstić information content (AvgIpc) is 2.55. The van der Waals surface area contributed by atoms with Crippen molar-refractivity contribution < 1.29 is 17.9 Å². The van der Waals surface area contributed by atoms with Crippen LogP contribution in [0.5, 0.6) is 0 Å². The van der Waals surface area contributed by atoms with Gasteiger partial charge in [-0.25, -0.2) is 4.98 Å². The van der Waals surface area contributed by atoms with Gasteiger partial charge in [-0.2, -0.15) is 13.2 Å². The van der Waals surface area contributed by atoms with Crippen LogP contribution >= 0.6 is 0 Å². The van der Waals surface area contributed by atoms with Crippen molar-refractivity contribution in [3.8, 4) is 0 Å². The number of hydrogen-bond acceptors (Lipinski definition) is 5. The number of aryl methyl sites for hydroxylation is 1. The number of alkyl halides is 3. The molecule has 0 aliphatic carbocycles. The minimum Gasteiger partial charge on any atom is -0.369 e. The first-order chi connectivity index (χ1) is 11.4. The van der Waals surface area contributed by atoms with Crippen molar-refractivity contribution >= 4 is 11.5 Å². The van der Waals surface area contributed by atoms with Crippen LogP contribution in [0, 0.1) is 6.92 Å². The number of morpholine rings is 1. The van der Waals surface area contributed by atoms with Gasteiger partial charge in [0.2, 0.25) is 0 Å². The van der Waals surface area contributed by atoms with Gasteiger partial charge in [0, 0.05) is 19.3 Å². The molecule has 1 fully saturated rings. The Labute approximate surface area is 137 Å². The van der Waals surface area contributed by atoms with Gasteiger partial charge in [0.05, 0.1) is 29.7 Å². The van der Waals surface area contributed by atoms with E-state index in [4.69, 9.17) is 4.74 Å². The summed E-state index contributed by atoms with van der Waals surface area (Å²) in [5.41, 5.74) is 1.68. The summed E-state index contributed by atoms with van der Waals surface area (Å²) in [6.07, 6.45) is -2.05. The molecular formula is C16H17F3N4O. The summed E-state index contributed by atoms with van der Waals surface area (Å²) in [6, 6.07) is 4.16. The fourth-order valence-electron chi connectivity index (χ4n) is 2.52. The maximum absolute atomic E-state index is 12.5. The molecule has 2 N–H and O–H groups in total. The molecule has 0 aromatic carbocycles. The van der Waals surface area contributed by atoms with Crippen LogP contribution in [0.4, 0.5) is 24.7 Å². The van der Waals surface area contributed by atoms with Crippen LogP contribution in [-0.4, -0.2) is 29.7 Å². The molecule has 8 heteroatoms. The van der Waals surface area contributed by atoms with E-state index in [1.807, 2.05) is 13.0 Å². The van der Waals surface area contributed by atoms with Crippen molar-refractivity contribution in [3.63, 3.8) is 0 Å². The van der Waals surface area contributed by atoms with Crippen molar-refractivity contribution in [2.24, 2.45) is 0 Å². The number of nitrogens with zero attached hydrogens (tertiary/aromatic N) is 2. The lowest BCUT2D eigenvalue weighted by atomic mass is 10.1. The van der Waals surface area contributed by atoms with Crippen molar-refractivity contribution in [2.45, 2.75) is 19.2 Å². The summed E-state index contributed by atoms with van der Waals surface area (Å²) < 4.78 is 43.3. The smallest absolute Gasteiger partial charge is 0.369 e. The molecule has 0 spiro atoms. The monoisotopic (exact) mass is 338 g/mol. The molecule has 0 radical (unpaired) electrons. The van der Waals surface area contributed by atoms with Crippen LogP contribution in [0.1, 0.15) is 22.9 Å². The Morgan fingerprint density at radius 3 is 2.67 bits per heavy atom. The SMILES string of the molecule is Cc1cc(Nc2ccc(C(F)(F)F)cn2)cnc1[C@@H]1CNCCO1. The summed E-state index contributed by atoms with van der Waals surface area (Å²) in [4.78, 5) is 8.21. The number of rotatable bonds is 3. The van der Waals surface area contributed by atoms with Crippen LogP contribution in [0.3, 0.4) is 0 Å². The van der Waals surface area contributed by atoms with Crippen LogP contribution in [0.15, 0.2) is 30.6 Å². The summed E-state index contributed by atoms with van der Waals surface area (Å²) in [7, 11) is 0. The van der Waals surface area contributed by atoms with Gasteiger partial charge in [-0.3, -0.25) is 4.98 Å². The number of anilines is 2. The zero-order valence-corrected chi connectivity index (χ0v) is 13.0. The minimum absolute atomic E-state index is 0.0861. The van der Waals surface area contributed by atoms with Crippen LogP contribution in [-0.2, 0) is 10.9 Å². The number of ether oxygens (including phenoxy) is 1. The molecule has 2 aromatic heterocycles. The summed E-state index contributed by atoms with van der Waals surface area (Å²) in [5.74, 6) is 0.326. The third kappa shape index (κ3) is 3.82. The van der Waals surface area contributed by atoms with Gasteiger partial charge in [0.1, 0.15) is 11.9 Å². The van der Waals surface area contributed by atoms with Crippen molar-refractivity contribution in [2.75, 3.05) is 25.0 Å². The van der Waals surface area contributed by atoms with Crippen molar-refractivity contribution in [1.29, 1.82) is 0 Å². The highest BCUT2D eigenvalue weighted by molar-refractivity contribution is 5.56. The second kappa shape index (κ2) is 6.74. The number of aromatic nitrogens is 2. The van der Waals surface area contributed by atoms with Gasteiger partial charge in [-0.1, -0.05) is 0 Å². The summed E-state index contributed by atoms with van der Waals surface area (Å²) in [6.45, 7) is 4.10. The van der Waals surface area contributed by atoms with Gasteiger partial charge in [0.15, 0.2) is 0 Å². The molecule has 1 aliphatic rings. The quantitative estimate of drug-likeness (QED) is 0.900. The zero-order chi connectivity index (χ0) is 17.2. The largest absolute Gasteiger partial charge is 0.417 e. The molecule has 1 saturated heterocycles. The number of halogens is 3. The predicted molar refractivity (Wildman–Crippen MR) is 83.1 cm³/mol. The molecular weight excluding hydrogens is 321 g/mol. The van der Waals surface area contributed by atoms with E-state index in [-0.39, 0.29) is 6.10 Å². The van der Waals surface area contributed by atoms with Crippen LogP contribution in [0.25, 0.3) is 0 Å². The average molecular weight is 338 g/mol. The first-order valence-electron chi connectivity index (χ1n) is 7.52. The molecule has 0 saturated carbocycles. The molecule has 5 nitrogen and oxygen atoms in total. The lowest BCUT2D eigenvalue weighted by molar-refractivity contribution is -0.137.